The molecule has 0 aromatic heterocycles. The minimum atomic E-state index is 0.538. The zero-order valence-corrected chi connectivity index (χ0v) is 18.6. The Morgan fingerprint density at radius 3 is 2.83 bits per heavy atom. The Labute approximate surface area is 184 Å². The molecule has 0 saturated carbocycles. The van der Waals surface area contributed by atoms with Gasteiger partial charge in [-0.2, -0.15) is 0 Å². The Morgan fingerprint density at radius 1 is 1.17 bits per heavy atom. The Bertz CT molecular complexity index is 681. The molecule has 0 radical (unpaired) electrons. The van der Waals surface area contributed by atoms with Crippen LogP contribution in [0.4, 0.5) is 0 Å². The van der Waals surface area contributed by atoms with Gasteiger partial charge in [-0.3, -0.25) is 4.99 Å². The molecule has 3 rings (SSSR count). The molecule has 0 atom stereocenters. The van der Waals surface area contributed by atoms with Gasteiger partial charge in [0.1, 0.15) is 13.2 Å². The topological polar surface area (TPSA) is 73.3 Å². The predicted molar refractivity (Wildman–Crippen MR) is 119 cm³/mol. The van der Waals surface area contributed by atoms with Crippen LogP contribution < -0.4 is 20.1 Å². The van der Waals surface area contributed by atoms with Crippen molar-refractivity contribution < 1.29 is 18.9 Å². The molecule has 1 fully saturated rings. The number of aliphatic imine (C=N–C) groups is 1. The fourth-order valence-electron chi connectivity index (χ4n) is 3.50. The van der Waals surface area contributed by atoms with Crippen molar-refractivity contribution in [3.63, 3.8) is 0 Å². The molecule has 0 amide bonds. The van der Waals surface area contributed by atoms with Gasteiger partial charge in [0.2, 0.25) is 0 Å². The summed E-state index contributed by atoms with van der Waals surface area (Å²) in [6, 6.07) is 3.94. The lowest BCUT2D eigenvalue weighted by molar-refractivity contribution is 0.0205. The van der Waals surface area contributed by atoms with E-state index in [-0.39, 0.29) is 0 Å². The van der Waals surface area contributed by atoms with Gasteiger partial charge in [-0.1, -0.05) is 11.6 Å². The number of fused-ring (bicyclic) bond motifs is 1. The number of ether oxygens (including phenoxy) is 4. The standard InChI is InChI=1S/C22H34ClN3O4/c1-2-24-22(25-7-3-9-28-16-17-5-10-27-11-6-17)26-8-4-18-14-19(23)21-20(15-18)29-12-13-30-21/h14-15,17H,2-13,16H2,1H3,(H2,24,25,26). The van der Waals surface area contributed by atoms with Gasteiger partial charge in [0.25, 0.3) is 0 Å². The highest BCUT2D eigenvalue weighted by Gasteiger charge is 2.16. The molecule has 0 unspecified atom stereocenters. The van der Waals surface area contributed by atoms with Crippen molar-refractivity contribution in [3.05, 3.63) is 22.7 Å². The van der Waals surface area contributed by atoms with E-state index in [1.807, 2.05) is 12.1 Å². The van der Waals surface area contributed by atoms with Crippen molar-refractivity contribution in [3.8, 4) is 11.5 Å². The van der Waals surface area contributed by atoms with Crippen LogP contribution >= 0.6 is 11.6 Å². The number of nitrogens with zero attached hydrogens (tertiary/aromatic N) is 1. The van der Waals surface area contributed by atoms with Crippen molar-refractivity contribution >= 4 is 17.6 Å². The van der Waals surface area contributed by atoms with E-state index in [0.717, 1.165) is 89.0 Å². The van der Waals surface area contributed by atoms with Gasteiger partial charge >= 0.3 is 0 Å². The molecular weight excluding hydrogens is 406 g/mol. The fourth-order valence-corrected chi connectivity index (χ4v) is 3.78. The summed E-state index contributed by atoms with van der Waals surface area (Å²) in [5.74, 6) is 2.85. The second-order valence-electron chi connectivity index (χ2n) is 7.52. The van der Waals surface area contributed by atoms with E-state index in [1.165, 1.54) is 0 Å². The monoisotopic (exact) mass is 439 g/mol. The molecule has 0 bridgehead atoms. The molecule has 8 heteroatoms. The van der Waals surface area contributed by atoms with Crippen LogP contribution in [0.5, 0.6) is 11.5 Å². The van der Waals surface area contributed by atoms with Crippen LogP contribution in [0.25, 0.3) is 0 Å². The number of rotatable bonds is 10. The second-order valence-corrected chi connectivity index (χ2v) is 7.93. The molecule has 1 saturated heterocycles. The van der Waals surface area contributed by atoms with Crippen molar-refractivity contribution in [2.45, 2.75) is 32.6 Å². The van der Waals surface area contributed by atoms with E-state index in [9.17, 15) is 0 Å². The first-order valence-corrected chi connectivity index (χ1v) is 11.4. The van der Waals surface area contributed by atoms with Crippen LogP contribution in [0.15, 0.2) is 17.1 Å². The zero-order valence-electron chi connectivity index (χ0n) is 17.9. The minimum Gasteiger partial charge on any atom is -0.486 e. The molecule has 0 spiro atoms. The molecule has 168 valence electrons. The Hall–Kier alpha value is -1.70. The van der Waals surface area contributed by atoms with Crippen LogP contribution in [0, 0.1) is 5.92 Å². The smallest absolute Gasteiger partial charge is 0.191 e. The van der Waals surface area contributed by atoms with Crippen molar-refractivity contribution in [2.75, 3.05) is 59.3 Å². The minimum absolute atomic E-state index is 0.538. The van der Waals surface area contributed by atoms with Gasteiger partial charge in [-0.15, -0.1) is 0 Å². The van der Waals surface area contributed by atoms with Crippen LogP contribution in [0.2, 0.25) is 5.02 Å². The van der Waals surface area contributed by atoms with Gasteiger partial charge in [0.05, 0.1) is 5.02 Å². The average Bonchev–Trinajstić information content (AvgIpc) is 2.77. The molecule has 30 heavy (non-hydrogen) atoms. The highest BCUT2D eigenvalue weighted by molar-refractivity contribution is 6.32. The SMILES string of the molecule is CCNC(=NCCCOCC1CCOCC1)NCCc1cc(Cl)c2c(c1)OCCO2. The molecule has 1 aromatic carbocycles. The van der Waals surface area contributed by atoms with Crippen molar-refractivity contribution in [2.24, 2.45) is 10.9 Å². The van der Waals surface area contributed by atoms with E-state index < -0.39 is 0 Å². The first-order valence-electron chi connectivity index (χ1n) is 11.0. The lowest BCUT2D eigenvalue weighted by atomic mass is 10.0. The van der Waals surface area contributed by atoms with Gasteiger partial charge in [0, 0.05) is 46.1 Å². The van der Waals surface area contributed by atoms with Crippen LogP contribution in [0.3, 0.4) is 0 Å². The maximum absolute atomic E-state index is 6.32. The van der Waals surface area contributed by atoms with Crippen LogP contribution in [-0.4, -0.2) is 65.2 Å². The third-order valence-electron chi connectivity index (χ3n) is 5.12. The largest absolute Gasteiger partial charge is 0.486 e. The Morgan fingerprint density at radius 2 is 2.00 bits per heavy atom. The molecule has 2 heterocycles. The summed E-state index contributed by atoms with van der Waals surface area (Å²) in [5, 5.41) is 7.27. The van der Waals surface area contributed by atoms with Crippen molar-refractivity contribution in [1.29, 1.82) is 0 Å². The Kier molecular flexibility index (Phi) is 9.86. The summed E-state index contributed by atoms with van der Waals surface area (Å²) in [4.78, 5) is 4.64. The molecule has 2 aliphatic rings. The van der Waals surface area contributed by atoms with E-state index >= 15 is 0 Å². The normalized spacial score (nSPS) is 17.1. The number of halogens is 1. The number of hydrogen-bond acceptors (Lipinski definition) is 5. The molecular formula is C22H34ClN3O4. The van der Waals surface area contributed by atoms with Crippen LogP contribution in [-0.2, 0) is 15.9 Å². The number of nitrogens with one attached hydrogen (secondary N) is 2. The molecule has 2 aliphatic heterocycles. The van der Waals surface area contributed by atoms with E-state index in [2.05, 4.69) is 22.5 Å². The first-order chi connectivity index (χ1) is 14.8. The van der Waals surface area contributed by atoms with Gasteiger partial charge < -0.3 is 29.6 Å². The van der Waals surface area contributed by atoms with Gasteiger partial charge in [-0.25, -0.2) is 0 Å². The highest BCUT2D eigenvalue weighted by Crippen LogP contribution is 2.38. The quantitative estimate of drug-likeness (QED) is 0.331. The lowest BCUT2D eigenvalue weighted by Gasteiger charge is -2.21. The lowest BCUT2D eigenvalue weighted by Crippen LogP contribution is -2.38. The third kappa shape index (κ3) is 7.52. The summed E-state index contributed by atoms with van der Waals surface area (Å²) >= 11 is 6.32. The maximum Gasteiger partial charge on any atom is 0.191 e. The molecule has 7 nitrogen and oxygen atoms in total. The average molecular weight is 440 g/mol. The number of benzene rings is 1. The third-order valence-corrected chi connectivity index (χ3v) is 5.40. The summed E-state index contributed by atoms with van der Waals surface area (Å²) < 4.78 is 22.4. The summed E-state index contributed by atoms with van der Waals surface area (Å²) in [6.45, 7) is 8.79. The Balaban J connectivity index is 1.36. The highest BCUT2D eigenvalue weighted by atomic mass is 35.5. The van der Waals surface area contributed by atoms with Gasteiger partial charge in [0.15, 0.2) is 17.5 Å². The van der Waals surface area contributed by atoms with E-state index in [1.54, 1.807) is 0 Å². The van der Waals surface area contributed by atoms with E-state index in [0.29, 0.717) is 29.9 Å². The van der Waals surface area contributed by atoms with Gasteiger partial charge in [-0.05, 0) is 56.2 Å². The van der Waals surface area contributed by atoms with Crippen LogP contribution in [0.1, 0.15) is 31.7 Å². The second kappa shape index (κ2) is 12.9. The zero-order chi connectivity index (χ0) is 21.0. The summed E-state index contributed by atoms with van der Waals surface area (Å²) in [5.41, 5.74) is 1.11. The maximum atomic E-state index is 6.32. The number of guanidine groups is 1. The number of hydrogen-bond donors (Lipinski definition) is 2. The molecule has 2 N–H and O–H groups in total. The van der Waals surface area contributed by atoms with E-state index in [4.69, 9.17) is 30.5 Å². The first kappa shape index (κ1) is 23.0. The predicted octanol–water partition coefficient (Wildman–Crippen LogP) is 3.04. The summed E-state index contributed by atoms with van der Waals surface area (Å²) in [7, 11) is 0. The molecule has 0 aliphatic carbocycles. The molecule has 1 aromatic rings. The van der Waals surface area contributed by atoms with Crippen molar-refractivity contribution in [1.82, 2.24) is 10.6 Å². The summed E-state index contributed by atoms with van der Waals surface area (Å²) in [6.07, 6.45) is 3.95. The fraction of sp³-hybridized carbons (Fsp3) is 0.682.